The second kappa shape index (κ2) is 5.99. The van der Waals surface area contributed by atoms with Crippen LogP contribution in [0.4, 0.5) is 4.39 Å². The van der Waals surface area contributed by atoms with Crippen LogP contribution < -0.4 is 4.72 Å². The van der Waals surface area contributed by atoms with Crippen LogP contribution in [0.2, 0.25) is 0 Å². The van der Waals surface area contributed by atoms with E-state index in [1.54, 1.807) is 6.92 Å². The first kappa shape index (κ1) is 15.4. The summed E-state index contributed by atoms with van der Waals surface area (Å²) in [5.41, 5.74) is -0.588. The summed E-state index contributed by atoms with van der Waals surface area (Å²) in [4.78, 5) is 0.0538. The second-order valence-electron chi connectivity index (χ2n) is 4.41. The van der Waals surface area contributed by atoms with Gasteiger partial charge >= 0.3 is 0 Å². The first-order valence-corrected chi connectivity index (χ1v) is 7.70. The van der Waals surface area contributed by atoms with Gasteiger partial charge in [-0.25, -0.2) is 17.5 Å². The number of alkyl halides is 1. The quantitative estimate of drug-likeness (QED) is 0.820. The molecule has 0 amide bonds. The van der Waals surface area contributed by atoms with Gasteiger partial charge in [-0.05, 0) is 44.0 Å². The summed E-state index contributed by atoms with van der Waals surface area (Å²) < 4.78 is 39.6. The third-order valence-electron chi connectivity index (χ3n) is 2.93. The van der Waals surface area contributed by atoms with Gasteiger partial charge in [0.1, 0.15) is 5.82 Å². The van der Waals surface area contributed by atoms with Crippen LogP contribution in [0.5, 0.6) is 0 Å². The van der Waals surface area contributed by atoms with Gasteiger partial charge in [-0.1, -0.05) is 6.92 Å². The van der Waals surface area contributed by atoms with Gasteiger partial charge in [-0.15, -0.1) is 11.6 Å². The zero-order valence-electron chi connectivity index (χ0n) is 10.4. The standard InChI is InChI=1S/C12H17ClFNO2S/c1-3-12(2,8-9-13)15-18(16,17)11-6-4-10(14)5-7-11/h4-7,15H,3,8-9H2,1-2H3. The van der Waals surface area contributed by atoms with Gasteiger partial charge in [0.05, 0.1) is 4.90 Å². The van der Waals surface area contributed by atoms with Gasteiger partial charge in [0.2, 0.25) is 10.0 Å². The molecule has 6 heteroatoms. The smallest absolute Gasteiger partial charge is 0.207 e. The van der Waals surface area contributed by atoms with Gasteiger partial charge < -0.3 is 0 Å². The van der Waals surface area contributed by atoms with Crippen LogP contribution in [0.15, 0.2) is 29.2 Å². The zero-order valence-corrected chi connectivity index (χ0v) is 12.0. The molecule has 102 valence electrons. The van der Waals surface area contributed by atoms with E-state index in [1.165, 1.54) is 12.1 Å². The predicted molar refractivity (Wildman–Crippen MR) is 70.8 cm³/mol. The number of rotatable bonds is 6. The van der Waals surface area contributed by atoms with E-state index in [-0.39, 0.29) is 4.90 Å². The highest BCUT2D eigenvalue weighted by Crippen LogP contribution is 2.20. The minimum Gasteiger partial charge on any atom is -0.207 e. The fraction of sp³-hybridized carbons (Fsp3) is 0.500. The lowest BCUT2D eigenvalue weighted by Crippen LogP contribution is -2.45. The summed E-state index contributed by atoms with van der Waals surface area (Å²) in [5.74, 6) is -0.0935. The molecule has 1 atom stereocenters. The molecule has 0 saturated carbocycles. The highest BCUT2D eigenvalue weighted by molar-refractivity contribution is 7.89. The van der Waals surface area contributed by atoms with Crippen LogP contribution in [0, 0.1) is 5.82 Å². The van der Waals surface area contributed by atoms with Gasteiger partial charge in [-0.2, -0.15) is 0 Å². The largest absolute Gasteiger partial charge is 0.241 e. The summed E-state index contributed by atoms with van der Waals surface area (Å²) in [5, 5.41) is 0. The fourth-order valence-electron chi connectivity index (χ4n) is 1.51. The van der Waals surface area contributed by atoms with E-state index in [1.807, 2.05) is 6.92 Å². The topological polar surface area (TPSA) is 46.2 Å². The molecule has 0 bridgehead atoms. The summed E-state index contributed by atoms with van der Waals surface area (Å²) in [7, 11) is -3.64. The molecule has 1 aromatic carbocycles. The van der Waals surface area contributed by atoms with Gasteiger partial charge in [-0.3, -0.25) is 0 Å². The van der Waals surface area contributed by atoms with Crippen LogP contribution >= 0.6 is 11.6 Å². The van der Waals surface area contributed by atoms with E-state index in [0.29, 0.717) is 18.7 Å². The molecule has 1 aromatic rings. The molecule has 0 aliphatic rings. The molecule has 0 fully saturated rings. The lowest BCUT2D eigenvalue weighted by Gasteiger charge is -2.28. The average Bonchev–Trinajstić information content (AvgIpc) is 2.29. The normalized spacial score (nSPS) is 15.3. The van der Waals surface area contributed by atoms with Crippen molar-refractivity contribution < 1.29 is 12.8 Å². The minimum absolute atomic E-state index is 0.0538. The maximum Gasteiger partial charge on any atom is 0.241 e. The third kappa shape index (κ3) is 3.93. The van der Waals surface area contributed by atoms with Crippen molar-refractivity contribution >= 4 is 21.6 Å². The van der Waals surface area contributed by atoms with E-state index >= 15 is 0 Å². The van der Waals surface area contributed by atoms with Crippen molar-refractivity contribution in [2.75, 3.05) is 5.88 Å². The molecule has 18 heavy (non-hydrogen) atoms. The Kier molecular flexibility index (Phi) is 5.13. The molecule has 1 unspecified atom stereocenters. The van der Waals surface area contributed by atoms with Crippen molar-refractivity contribution in [2.45, 2.75) is 37.1 Å². The number of benzene rings is 1. The predicted octanol–water partition coefficient (Wildman–Crippen LogP) is 2.90. The molecule has 3 nitrogen and oxygen atoms in total. The molecule has 0 aliphatic carbocycles. The first-order chi connectivity index (χ1) is 8.33. The van der Waals surface area contributed by atoms with Gasteiger partial charge in [0.15, 0.2) is 0 Å². The monoisotopic (exact) mass is 293 g/mol. The van der Waals surface area contributed by atoms with Crippen molar-refractivity contribution in [3.8, 4) is 0 Å². The molecule has 0 saturated heterocycles. The lowest BCUT2D eigenvalue weighted by molar-refractivity contribution is 0.390. The van der Waals surface area contributed by atoms with Crippen molar-refractivity contribution in [1.82, 2.24) is 4.72 Å². The lowest BCUT2D eigenvalue weighted by atomic mass is 9.97. The third-order valence-corrected chi connectivity index (χ3v) is 4.77. The Hall–Kier alpha value is -0.650. The summed E-state index contributed by atoms with van der Waals surface area (Å²) >= 11 is 5.68. The maximum absolute atomic E-state index is 12.8. The molecule has 1 N–H and O–H groups in total. The van der Waals surface area contributed by atoms with Crippen LogP contribution in [0.1, 0.15) is 26.7 Å². The minimum atomic E-state index is -3.64. The maximum atomic E-state index is 12.8. The fourth-order valence-corrected chi connectivity index (χ4v) is 3.43. The van der Waals surface area contributed by atoms with Crippen molar-refractivity contribution in [3.05, 3.63) is 30.1 Å². The Bertz CT molecular complexity index is 489. The van der Waals surface area contributed by atoms with E-state index in [4.69, 9.17) is 11.6 Å². The van der Waals surface area contributed by atoms with Crippen LogP contribution in [-0.2, 0) is 10.0 Å². The van der Waals surface area contributed by atoms with Crippen molar-refractivity contribution in [1.29, 1.82) is 0 Å². The van der Waals surface area contributed by atoms with Crippen molar-refractivity contribution in [3.63, 3.8) is 0 Å². The molecule has 0 heterocycles. The molecule has 0 spiro atoms. The van der Waals surface area contributed by atoms with E-state index in [9.17, 15) is 12.8 Å². The van der Waals surface area contributed by atoms with E-state index in [2.05, 4.69) is 4.72 Å². The number of sulfonamides is 1. The molecular formula is C12H17ClFNO2S. The van der Waals surface area contributed by atoms with Crippen LogP contribution in [0.25, 0.3) is 0 Å². The summed E-state index contributed by atoms with van der Waals surface area (Å²) in [6, 6.07) is 4.74. The first-order valence-electron chi connectivity index (χ1n) is 5.68. The molecule has 1 rings (SSSR count). The number of hydrogen-bond donors (Lipinski definition) is 1. The summed E-state index contributed by atoms with van der Waals surface area (Å²) in [6.07, 6.45) is 1.16. The second-order valence-corrected chi connectivity index (χ2v) is 6.47. The Morgan fingerprint density at radius 3 is 2.33 bits per heavy atom. The van der Waals surface area contributed by atoms with Crippen LogP contribution in [-0.4, -0.2) is 19.8 Å². The molecular weight excluding hydrogens is 277 g/mol. The number of halogens is 2. The highest BCUT2D eigenvalue weighted by Gasteiger charge is 2.28. The van der Waals surface area contributed by atoms with E-state index < -0.39 is 21.4 Å². The molecule has 0 radical (unpaired) electrons. The number of nitrogens with one attached hydrogen (secondary N) is 1. The van der Waals surface area contributed by atoms with E-state index in [0.717, 1.165) is 12.1 Å². The molecule has 0 aliphatic heterocycles. The Labute approximate surface area is 112 Å². The highest BCUT2D eigenvalue weighted by atomic mass is 35.5. The Balaban J connectivity index is 2.97. The molecule has 0 aromatic heterocycles. The summed E-state index contributed by atoms with van der Waals surface area (Å²) in [6.45, 7) is 3.69. The van der Waals surface area contributed by atoms with Gasteiger partial charge in [0, 0.05) is 11.4 Å². The van der Waals surface area contributed by atoms with Crippen LogP contribution in [0.3, 0.4) is 0 Å². The SMILES string of the molecule is CCC(C)(CCCl)NS(=O)(=O)c1ccc(F)cc1. The van der Waals surface area contributed by atoms with Gasteiger partial charge in [0.25, 0.3) is 0 Å². The zero-order chi connectivity index (χ0) is 13.8. The average molecular weight is 294 g/mol. The van der Waals surface area contributed by atoms with Crippen molar-refractivity contribution in [2.24, 2.45) is 0 Å². The number of hydrogen-bond acceptors (Lipinski definition) is 2. The Morgan fingerprint density at radius 2 is 1.89 bits per heavy atom. The Morgan fingerprint density at radius 1 is 1.33 bits per heavy atom.